The van der Waals surface area contributed by atoms with Crippen LogP contribution in [0.3, 0.4) is 0 Å². The van der Waals surface area contributed by atoms with Crippen LogP contribution in [0.15, 0.2) is 88.5 Å². The van der Waals surface area contributed by atoms with Crippen LogP contribution in [0.4, 0.5) is 5.69 Å². The largest absolute Gasteiger partial charge is 0.410 e. The van der Waals surface area contributed by atoms with Crippen molar-refractivity contribution in [1.82, 2.24) is 10.2 Å². The summed E-state index contributed by atoms with van der Waals surface area (Å²) in [5, 5.41) is 12.7. The van der Waals surface area contributed by atoms with Crippen molar-refractivity contribution in [1.29, 1.82) is 0 Å². The fourth-order valence-corrected chi connectivity index (χ4v) is 5.52. The van der Waals surface area contributed by atoms with E-state index in [1.54, 1.807) is 6.92 Å². The van der Waals surface area contributed by atoms with Gasteiger partial charge in [-0.3, -0.25) is 4.79 Å². The van der Waals surface area contributed by atoms with Gasteiger partial charge in [-0.25, -0.2) is 0 Å². The van der Waals surface area contributed by atoms with E-state index in [9.17, 15) is 4.79 Å². The van der Waals surface area contributed by atoms with Crippen LogP contribution in [0.1, 0.15) is 6.92 Å². The second-order valence-corrected chi connectivity index (χ2v) is 10.00. The number of aromatic nitrogens is 2. The lowest BCUT2D eigenvalue weighted by atomic mass is 10.0. The van der Waals surface area contributed by atoms with Gasteiger partial charge >= 0.3 is 0 Å². The van der Waals surface area contributed by atoms with E-state index in [2.05, 4.69) is 15.5 Å². The molecule has 1 N–H and O–H groups in total. The number of benzene rings is 3. The Hall–Kier alpha value is -3.13. The molecule has 3 aromatic carbocycles. The van der Waals surface area contributed by atoms with Crippen molar-refractivity contribution in [3.05, 3.63) is 83.9 Å². The van der Waals surface area contributed by atoms with E-state index in [0.717, 1.165) is 31.8 Å². The third-order valence-electron chi connectivity index (χ3n) is 5.05. The Labute approximate surface area is 203 Å². The zero-order chi connectivity index (χ0) is 22.8. The van der Waals surface area contributed by atoms with Crippen molar-refractivity contribution in [3.8, 4) is 21.9 Å². The van der Waals surface area contributed by atoms with E-state index < -0.39 is 5.25 Å². The second kappa shape index (κ2) is 9.39. The number of carbonyl (C=O) groups is 1. The Bertz CT molecular complexity index is 1430. The van der Waals surface area contributed by atoms with Gasteiger partial charge in [0.05, 0.1) is 10.3 Å². The van der Waals surface area contributed by atoms with E-state index in [-0.39, 0.29) is 5.91 Å². The van der Waals surface area contributed by atoms with Crippen molar-refractivity contribution >= 4 is 56.4 Å². The predicted octanol–water partition coefficient (Wildman–Crippen LogP) is 7.39. The number of rotatable bonds is 6. The van der Waals surface area contributed by atoms with E-state index >= 15 is 0 Å². The minimum Gasteiger partial charge on any atom is -0.410 e. The van der Waals surface area contributed by atoms with Gasteiger partial charge in [0.2, 0.25) is 5.91 Å². The molecule has 0 fully saturated rings. The van der Waals surface area contributed by atoms with Crippen LogP contribution in [0, 0.1) is 0 Å². The van der Waals surface area contributed by atoms with Crippen LogP contribution in [-0.2, 0) is 4.79 Å². The first-order chi connectivity index (χ1) is 16.1. The molecule has 0 bridgehead atoms. The first kappa shape index (κ1) is 21.7. The van der Waals surface area contributed by atoms with Gasteiger partial charge in [0, 0.05) is 21.3 Å². The molecule has 0 aliphatic rings. The topological polar surface area (TPSA) is 68.0 Å². The number of thiophene rings is 1. The van der Waals surface area contributed by atoms with Gasteiger partial charge in [-0.05, 0) is 24.6 Å². The number of hydrogen-bond donors (Lipinski definition) is 1. The lowest BCUT2D eigenvalue weighted by molar-refractivity contribution is -0.115. The maximum Gasteiger partial charge on any atom is 0.277 e. The molecule has 0 spiro atoms. The van der Waals surface area contributed by atoms with Crippen LogP contribution >= 0.6 is 34.7 Å². The number of thioether (sulfide) groups is 1. The summed E-state index contributed by atoms with van der Waals surface area (Å²) in [6.45, 7) is 1.81. The molecular formula is C25H18ClN3O2S2. The quantitative estimate of drug-likeness (QED) is 0.251. The summed E-state index contributed by atoms with van der Waals surface area (Å²) in [7, 11) is 0. The first-order valence-electron chi connectivity index (χ1n) is 10.2. The van der Waals surface area contributed by atoms with Gasteiger partial charge in [0.1, 0.15) is 4.88 Å². The fourth-order valence-electron chi connectivity index (χ4n) is 3.40. The molecule has 0 saturated carbocycles. The maximum absolute atomic E-state index is 12.9. The molecule has 1 amide bonds. The van der Waals surface area contributed by atoms with Crippen LogP contribution in [0.2, 0.25) is 5.02 Å². The predicted molar refractivity (Wildman–Crippen MR) is 136 cm³/mol. The Morgan fingerprint density at radius 1 is 1.00 bits per heavy atom. The number of anilines is 1. The summed E-state index contributed by atoms with van der Waals surface area (Å²) in [5.41, 5.74) is 2.75. The number of para-hydroxylation sites is 1. The highest BCUT2D eigenvalue weighted by atomic mass is 35.5. The van der Waals surface area contributed by atoms with Gasteiger partial charge in [-0.15, -0.1) is 21.5 Å². The zero-order valence-electron chi connectivity index (χ0n) is 17.5. The van der Waals surface area contributed by atoms with Gasteiger partial charge in [-0.1, -0.05) is 90.1 Å². The average molecular weight is 492 g/mol. The SMILES string of the molecule is CC(Sc1nnc(-c2sc3ccccc3c2Cl)o1)C(=O)Nc1ccccc1-c1ccccc1. The summed E-state index contributed by atoms with van der Waals surface area (Å²) in [6, 6.07) is 25.6. The van der Waals surface area contributed by atoms with Crippen LogP contribution < -0.4 is 5.32 Å². The molecule has 2 heterocycles. The van der Waals surface area contributed by atoms with Crippen molar-refractivity contribution in [2.45, 2.75) is 17.4 Å². The van der Waals surface area contributed by atoms with E-state index in [1.807, 2.05) is 78.9 Å². The molecule has 2 aromatic heterocycles. The van der Waals surface area contributed by atoms with Crippen molar-refractivity contribution < 1.29 is 9.21 Å². The van der Waals surface area contributed by atoms with Gasteiger partial charge < -0.3 is 9.73 Å². The zero-order valence-corrected chi connectivity index (χ0v) is 19.9. The average Bonchev–Trinajstić information content (AvgIpc) is 3.44. The van der Waals surface area contributed by atoms with Crippen molar-refractivity contribution in [2.75, 3.05) is 5.32 Å². The summed E-state index contributed by atoms with van der Waals surface area (Å²) in [4.78, 5) is 13.6. The Morgan fingerprint density at radius 3 is 2.55 bits per heavy atom. The molecule has 0 aliphatic carbocycles. The summed E-state index contributed by atoms with van der Waals surface area (Å²) >= 11 is 9.23. The van der Waals surface area contributed by atoms with Crippen LogP contribution in [0.5, 0.6) is 0 Å². The maximum atomic E-state index is 12.9. The standard InChI is InChI=1S/C25H18ClN3O2S2/c1-15(23(30)27-19-13-7-5-11-17(19)16-9-3-2-4-10-16)32-25-29-28-24(31-25)22-21(26)18-12-6-8-14-20(18)33-22/h2-15H,1H3,(H,27,30). The number of halogens is 1. The smallest absolute Gasteiger partial charge is 0.277 e. The third kappa shape index (κ3) is 4.53. The summed E-state index contributed by atoms with van der Waals surface area (Å²) < 4.78 is 6.88. The number of fused-ring (bicyclic) bond motifs is 1. The second-order valence-electron chi connectivity index (χ2n) is 7.28. The number of amides is 1. The molecule has 1 unspecified atom stereocenters. The van der Waals surface area contributed by atoms with E-state index in [0.29, 0.717) is 16.1 Å². The molecule has 0 saturated heterocycles. The highest BCUT2D eigenvalue weighted by Gasteiger charge is 2.22. The normalized spacial score (nSPS) is 12.1. The highest BCUT2D eigenvalue weighted by molar-refractivity contribution is 8.00. The molecule has 164 valence electrons. The lowest BCUT2D eigenvalue weighted by Gasteiger charge is -2.14. The molecule has 0 aliphatic heterocycles. The van der Waals surface area contributed by atoms with E-state index in [4.69, 9.17) is 16.0 Å². The monoisotopic (exact) mass is 491 g/mol. The van der Waals surface area contributed by atoms with Gasteiger partial charge in [-0.2, -0.15) is 0 Å². The van der Waals surface area contributed by atoms with Crippen molar-refractivity contribution in [2.24, 2.45) is 0 Å². The molecule has 5 rings (SSSR count). The molecular weight excluding hydrogens is 474 g/mol. The number of nitrogens with one attached hydrogen (secondary N) is 1. The third-order valence-corrected chi connectivity index (χ3v) is 7.65. The number of hydrogen-bond acceptors (Lipinski definition) is 6. The minimum absolute atomic E-state index is 0.150. The molecule has 5 nitrogen and oxygen atoms in total. The molecule has 0 radical (unpaired) electrons. The van der Waals surface area contributed by atoms with Crippen LogP contribution in [-0.4, -0.2) is 21.4 Å². The van der Waals surface area contributed by atoms with Crippen molar-refractivity contribution in [3.63, 3.8) is 0 Å². The number of nitrogens with zero attached hydrogens (tertiary/aromatic N) is 2. The molecule has 33 heavy (non-hydrogen) atoms. The minimum atomic E-state index is -0.444. The first-order valence-corrected chi connectivity index (χ1v) is 12.3. The number of carbonyl (C=O) groups excluding carboxylic acids is 1. The molecule has 5 aromatic rings. The molecule has 8 heteroatoms. The fraction of sp³-hybridized carbons (Fsp3) is 0.0800. The van der Waals surface area contributed by atoms with Crippen LogP contribution in [0.25, 0.3) is 32.0 Å². The van der Waals surface area contributed by atoms with Gasteiger partial charge in [0.25, 0.3) is 11.1 Å². The summed E-state index contributed by atoms with van der Waals surface area (Å²) in [6.07, 6.45) is 0. The summed E-state index contributed by atoms with van der Waals surface area (Å²) in [5.74, 6) is 0.203. The highest BCUT2D eigenvalue weighted by Crippen LogP contribution is 2.42. The Balaban J connectivity index is 1.31. The Kier molecular flexibility index (Phi) is 6.17. The Morgan fingerprint density at radius 2 is 1.73 bits per heavy atom. The van der Waals surface area contributed by atoms with E-state index in [1.165, 1.54) is 23.1 Å². The van der Waals surface area contributed by atoms with Gasteiger partial charge in [0.15, 0.2) is 0 Å². The molecule has 1 atom stereocenters. The lowest BCUT2D eigenvalue weighted by Crippen LogP contribution is -2.22.